The molecule has 13 heavy (non-hydrogen) atoms. The highest BCUT2D eigenvalue weighted by atomic mass is 16.6. The summed E-state index contributed by atoms with van der Waals surface area (Å²) in [5.41, 5.74) is 0. The molecule has 0 aliphatic carbocycles. The molecule has 0 saturated carbocycles. The van der Waals surface area contributed by atoms with E-state index in [1.807, 2.05) is 4.90 Å². The molecule has 1 aliphatic rings. The Balaban J connectivity index is 2.48. The fraction of sp³-hybridized carbons (Fsp3) is 0.714. The minimum absolute atomic E-state index is 0.113. The highest BCUT2D eigenvalue weighted by Crippen LogP contribution is 2.07. The molecule has 1 heterocycles. The number of nitro groups is 1. The summed E-state index contributed by atoms with van der Waals surface area (Å²) in [6, 6.07) is 0. The van der Waals surface area contributed by atoms with Crippen LogP contribution in [-0.4, -0.2) is 41.2 Å². The lowest BCUT2D eigenvalue weighted by atomic mass is 10.4. The molecule has 0 bridgehead atoms. The Morgan fingerprint density at radius 1 is 1.77 bits per heavy atom. The van der Waals surface area contributed by atoms with E-state index in [0.29, 0.717) is 18.8 Å². The second-order valence-electron chi connectivity index (χ2n) is 2.79. The van der Waals surface area contributed by atoms with E-state index < -0.39 is 4.92 Å². The van der Waals surface area contributed by atoms with E-state index in [1.165, 1.54) is 0 Å². The molecular weight excluding hydrogens is 174 g/mol. The summed E-state index contributed by atoms with van der Waals surface area (Å²) in [5.74, 6) is 0.540. The van der Waals surface area contributed by atoms with Gasteiger partial charge in [0, 0.05) is 26.2 Å². The third-order valence-electron chi connectivity index (χ3n) is 1.84. The predicted molar refractivity (Wildman–Crippen MR) is 46.4 cm³/mol. The summed E-state index contributed by atoms with van der Waals surface area (Å²) in [4.78, 5) is 11.6. The second kappa shape index (κ2) is 4.66. The van der Waals surface area contributed by atoms with Crippen molar-refractivity contribution in [3.8, 4) is 0 Å². The second-order valence-corrected chi connectivity index (χ2v) is 2.79. The first-order valence-corrected chi connectivity index (χ1v) is 4.19. The Kier molecular flexibility index (Phi) is 3.51. The van der Waals surface area contributed by atoms with E-state index in [2.05, 4.69) is 5.32 Å². The molecule has 0 spiro atoms. The van der Waals surface area contributed by atoms with Crippen molar-refractivity contribution < 1.29 is 10.0 Å². The largest absolute Gasteiger partial charge is 0.396 e. The van der Waals surface area contributed by atoms with Crippen LogP contribution in [0, 0.1) is 10.1 Å². The van der Waals surface area contributed by atoms with Crippen molar-refractivity contribution in [1.29, 1.82) is 0 Å². The molecule has 0 radical (unpaired) electrons. The Labute approximate surface area is 76.0 Å². The lowest BCUT2D eigenvalue weighted by molar-refractivity contribution is -0.404. The molecule has 6 heteroatoms. The highest BCUT2D eigenvalue weighted by Gasteiger charge is 2.18. The maximum atomic E-state index is 10.2. The third-order valence-corrected chi connectivity index (χ3v) is 1.84. The maximum absolute atomic E-state index is 10.2. The molecule has 0 unspecified atom stereocenters. The van der Waals surface area contributed by atoms with Crippen LogP contribution >= 0.6 is 0 Å². The van der Waals surface area contributed by atoms with Crippen molar-refractivity contribution in [1.82, 2.24) is 10.2 Å². The first kappa shape index (κ1) is 9.79. The van der Waals surface area contributed by atoms with E-state index in [1.54, 1.807) is 0 Å². The molecule has 0 aromatic heterocycles. The lowest BCUT2D eigenvalue weighted by Gasteiger charge is -2.15. The number of aliphatic hydroxyl groups excluding tert-OH is 1. The first-order valence-electron chi connectivity index (χ1n) is 4.19. The molecule has 74 valence electrons. The standard InChI is InChI=1S/C7H13N3O3/c11-5-1-3-9-4-2-8-7(9)6-10(12)13/h6,8,11H,1-5H2/b7-6+. The molecule has 0 aromatic carbocycles. The smallest absolute Gasteiger partial charge is 0.274 e. The van der Waals surface area contributed by atoms with E-state index >= 15 is 0 Å². The normalized spacial score (nSPS) is 19.2. The van der Waals surface area contributed by atoms with Crippen LogP contribution in [0.1, 0.15) is 6.42 Å². The van der Waals surface area contributed by atoms with Crippen LogP contribution in [-0.2, 0) is 0 Å². The Morgan fingerprint density at radius 3 is 3.15 bits per heavy atom. The molecule has 2 N–H and O–H groups in total. The van der Waals surface area contributed by atoms with Gasteiger partial charge in [0.15, 0.2) is 5.82 Å². The van der Waals surface area contributed by atoms with E-state index in [4.69, 9.17) is 5.11 Å². The summed E-state index contributed by atoms with van der Waals surface area (Å²) in [6.45, 7) is 2.26. The summed E-state index contributed by atoms with van der Waals surface area (Å²) < 4.78 is 0. The van der Waals surface area contributed by atoms with Crippen LogP contribution in [0.15, 0.2) is 12.0 Å². The third kappa shape index (κ3) is 2.90. The summed E-state index contributed by atoms with van der Waals surface area (Å²) >= 11 is 0. The monoisotopic (exact) mass is 187 g/mol. The van der Waals surface area contributed by atoms with Gasteiger partial charge in [-0.15, -0.1) is 0 Å². The number of aliphatic hydroxyl groups is 1. The van der Waals surface area contributed by atoms with Gasteiger partial charge >= 0.3 is 0 Å². The van der Waals surface area contributed by atoms with Gasteiger partial charge in [0.1, 0.15) is 0 Å². The molecule has 1 rings (SSSR count). The fourth-order valence-electron chi connectivity index (χ4n) is 1.27. The van der Waals surface area contributed by atoms with Crippen LogP contribution in [0.4, 0.5) is 0 Å². The Hall–Kier alpha value is -1.30. The van der Waals surface area contributed by atoms with Crippen molar-refractivity contribution in [2.45, 2.75) is 6.42 Å². The van der Waals surface area contributed by atoms with Crippen LogP contribution in [0.3, 0.4) is 0 Å². The Morgan fingerprint density at radius 2 is 2.54 bits per heavy atom. The number of nitrogens with zero attached hydrogens (tertiary/aromatic N) is 2. The van der Waals surface area contributed by atoms with Gasteiger partial charge in [-0.05, 0) is 6.42 Å². The number of hydrogen-bond acceptors (Lipinski definition) is 5. The topological polar surface area (TPSA) is 78.6 Å². The quantitative estimate of drug-likeness (QED) is 0.451. The van der Waals surface area contributed by atoms with Crippen molar-refractivity contribution in [2.75, 3.05) is 26.2 Å². The fourth-order valence-corrected chi connectivity index (χ4v) is 1.27. The maximum Gasteiger partial charge on any atom is 0.274 e. The zero-order valence-corrected chi connectivity index (χ0v) is 7.27. The van der Waals surface area contributed by atoms with E-state index in [-0.39, 0.29) is 6.61 Å². The minimum Gasteiger partial charge on any atom is -0.396 e. The van der Waals surface area contributed by atoms with Gasteiger partial charge in [0.25, 0.3) is 6.20 Å². The first-order chi connectivity index (χ1) is 6.24. The molecule has 1 fully saturated rings. The summed E-state index contributed by atoms with van der Waals surface area (Å²) in [5, 5.41) is 21.7. The van der Waals surface area contributed by atoms with Crippen LogP contribution < -0.4 is 5.32 Å². The van der Waals surface area contributed by atoms with Gasteiger partial charge in [-0.3, -0.25) is 10.1 Å². The zero-order chi connectivity index (χ0) is 9.68. The van der Waals surface area contributed by atoms with Gasteiger partial charge in [0.05, 0.1) is 4.92 Å². The summed E-state index contributed by atoms with van der Waals surface area (Å²) in [7, 11) is 0. The van der Waals surface area contributed by atoms with Crippen molar-refractivity contribution in [2.24, 2.45) is 0 Å². The average molecular weight is 187 g/mol. The predicted octanol–water partition coefficient (Wildman–Crippen LogP) is -0.650. The van der Waals surface area contributed by atoms with Gasteiger partial charge in [-0.2, -0.15) is 0 Å². The zero-order valence-electron chi connectivity index (χ0n) is 7.27. The molecule has 0 aromatic rings. The molecular formula is C7H13N3O3. The van der Waals surface area contributed by atoms with Gasteiger partial charge in [0.2, 0.25) is 0 Å². The van der Waals surface area contributed by atoms with Crippen LogP contribution in [0.2, 0.25) is 0 Å². The van der Waals surface area contributed by atoms with Crippen molar-refractivity contribution in [3.05, 3.63) is 22.1 Å². The Bertz CT molecular complexity index is 217. The number of hydrogen-bond donors (Lipinski definition) is 2. The lowest BCUT2D eigenvalue weighted by Crippen LogP contribution is -2.22. The van der Waals surface area contributed by atoms with Crippen molar-refractivity contribution in [3.63, 3.8) is 0 Å². The molecule has 0 atom stereocenters. The van der Waals surface area contributed by atoms with Crippen molar-refractivity contribution >= 4 is 0 Å². The highest BCUT2D eigenvalue weighted by molar-refractivity contribution is 4.99. The summed E-state index contributed by atoms with van der Waals surface area (Å²) in [6.07, 6.45) is 1.60. The van der Waals surface area contributed by atoms with Crippen LogP contribution in [0.25, 0.3) is 0 Å². The van der Waals surface area contributed by atoms with Crippen LogP contribution in [0.5, 0.6) is 0 Å². The SMILES string of the molecule is O=[N+]([O-])/C=C1\NCCN1CCCO. The molecule has 1 saturated heterocycles. The van der Waals surface area contributed by atoms with Gasteiger partial charge in [-0.25, -0.2) is 0 Å². The molecule has 0 amide bonds. The van der Waals surface area contributed by atoms with Gasteiger partial charge < -0.3 is 15.3 Å². The molecule has 1 aliphatic heterocycles. The molecule has 6 nitrogen and oxygen atoms in total. The van der Waals surface area contributed by atoms with E-state index in [0.717, 1.165) is 19.3 Å². The number of rotatable bonds is 4. The minimum atomic E-state index is -0.473. The van der Waals surface area contributed by atoms with Gasteiger partial charge in [-0.1, -0.05) is 0 Å². The average Bonchev–Trinajstić information content (AvgIpc) is 2.48. The van der Waals surface area contributed by atoms with E-state index in [9.17, 15) is 10.1 Å². The number of nitrogens with one attached hydrogen (secondary N) is 1.